The van der Waals surface area contributed by atoms with Crippen LogP contribution in [0.2, 0.25) is 0 Å². The number of nitrogens with one attached hydrogen (secondary N) is 2. The molecule has 0 amide bonds. The molecule has 0 aliphatic heterocycles. The van der Waals surface area contributed by atoms with E-state index in [0.29, 0.717) is 6.04 Å². The monoisotopic (exact) mass is 221 g/mol. The Balaban J connectivity index is 2.14. The predicted octanol–water partition coefficient (Wildman–Crippen LogP) is 1.97. The van der Waals surface area contributed by atoms with Crippen molar-refractivity contribution in [2.24, 2.45) is 5.73 Å². The van der Waals surface area contributed by atoms with E-state index >= 15 is 0 Å². The Kier molecular flexibility index (Phi) is 6.08. The van der Waals surface area contributed by atoms with Gasteiger partial charge < -0.3 is 5.73 Å². The largest absolute Gasteiger partial charge is 0.324 e. The predicted molar refractivity (Wildman–Crippen MR) is 68.9 cm³/mol. The second-order valence-corrected chi connectivity index (χ2v) is 4.39. The molecule has 0 aliphatic carbocycles. The molecular formula is C13H23N3. The van der Waals surface area contributed by atoms with Gasteiger partial charge in [0.15, 0.2) is 0 Å². The van der Waals surface area contributed by atoms with Gasteiger partial charge in [-0.15, -0.1) is 0 Å². The van der Waals surface area contributed by atoms with Gasteiger partial charge in [-0.05, 0) is 32.3 Å². The molecule has 4 N–H and O–H groups in total. The average Bonchev–Trinajstić information content (AvgIpc) is 2.29. The van der Waals surface area contributed by atoms with Crippen LogP contribution in [0.4, 0.5) is 0 Å². The molecule has 0 fully saturated rings. The lowest BCUT2D eigenvalue weighted by molar-refractivity contribution is 0.453. The van der Waals surface area contributed by atoms with E-state index in [9.17, 15) is 0 Å². The number of rotatable bonds is 7. The second-order valence-electron chi connectivity index (χ2n) is 4.39. The van der Waals surface area contributed by atoms with Crippen molar-refractivity contribution in [1.82, 2.24) is 10.9 Å². The van der Waals surface area contributed by atoms with Gasteiger partial charge in [-0.1, -0.05) is 30.3 Å². The standard InChI is InChI=1S/C13H23N3/c1-11(2)16-15-10-6-9-13(14)12-7-4-3-5-8-12/h3-5,7-8,11,13,15-16H,6,9-10,14H2,1-2H3. The van der Waals surface area contributed by atoms with Crippen molar-refractivity contribution in [1.29, 1.82) is 0 Å². The van der Waals surface area contributed by atoms with Gasteiger partial charge in [-0.3, -0.25) is 10.9 Å². The molecule has 0 heterocycles. The van der Waals surface area contributed by atoms with E-state index in [1.165, 1.54) is 5.56 Å². The molecule has 1 atom stereocenters. The van der Waals surface area contributed by atoms with Gasteiger partial charge in [0.25, 0.3) is 0 Å². The highest BCUT2D eigenvalue weighted by Gasteiger charge is 2.04. The Labute approximate surface area is 98.4 Å². The van der Waals surface area contributed by atoms with E-state index in [0.717, 1.165) is 19.4 Å². The topological polar surface area (TPSA) is 50.1 Å². The highest BCUT2D eigenvalue weighted by atomic mass is 15.4. The average molecular weight is 221 g/mol. The van der Waals surface area contributed by atoms with E-state index < -0.39 is 0 Å². The molecule has 1 aromatic rings. The van der Waals surface area contributed by atoms with E-state index in [1.807, 2.05) is 18.2 Å². The Morgan fingerprint density at radius 2 is 1.88 bits per heavy atom. The number of hydrazine groups is 1. The molecule has 90 valence electrons. The molecule has 16 heavy (non-hydrogen) atoms. The molecule has 0 spiro atoms. The molecular weight excluding hydrogens is 198 g/mol. The minimum atomic E-state index is 0.155. The fraction of sp³-hybridized carbons (Fsp3) is 0.538. The maximum Gasteiger partial charge on any atom is 0.0295 e. The summed E-state index contributed by atoms with van der Waals surface area (Å²) in [6.45, 7) is 5.18. The molecule has 0 aromatic heterocycles. The Bertz CT molecular complexity index is 272. The van der Waals surface area contributed by atoms with Crippen LogP contribution in [-0.2, 0) is 0 Å². The van der Waals surface area contributed by atoms with E-state index in [4.69, 9.17) is 5.73 Å². The summed E-state index contributed by atoms with van der Waals surface area (Å²) in [5.74, 6) is 0. The van der Waals surface area contributed by atoms with Gasteiger partial charge in [0.05, 0.1) is 0 Å². The van der Waals surface area contributed by atoms with Gasteiger partial charge in [-0.25, -0.2) is 0 Å². The lowest BCUT2D eigenvalue weighted by Crippen LogP contribution is -2.38. The molecule has 0 aliphatic rings. The number of hydrogen-bond acceptors (Lipinski definition) is 3. The van der Waals surface area contributed by atoms with Crippen molar-refractivity contribution in [3.63, 3.8) is 0 Å². The zero-order valence-corrected chi connectivity index (χ0v) is 10.2. The van der Waals surface area contributed by atoms with Crippen molar-refractivity contribution >= 4 is 0 Å². The molecule has 1 rings (SSSR count). The van der Waals surface area contributed by atoms with Crippen molar-refractivity contribution in [3.8, 4) is 0 Å². The third kappa shape index (κ3) is 5.26. The number of hydrogen-bond donors (Lipinski definition) is 3. The van der Waals surface area contributed by atoms with Crippen LogP contribution in [0.5, 0.6) is 0 Å². The zero-order chi connectivity index (χ0) is 11.8. The van der Waals surface area contributed by atoms with Crippen molar-refractivity contribution < 1.29 is 0 Å². The molecule has 1 aromatic carbocycles. The normalized spacial score (nSPS) is 13.0. The second kappa shape index (κ2) is 7.39. The van der Waals surface area contributed by atoms with Gasteiger partial charge in [0.1, 0.15) is 0 Å². The number of benzene rings is 1. The van der Waals surface area contributed by atoms with Crippen LogP contribution in [0, 0.1) is 0 Å². The van der Waals surface area contributed by atoms with Gasteiger partial charge in [0.2, 0.25) is 0 Å². The number of nitrogens with two attached hydrogens (primary N) is 1. The summed E-state index contributed by atoms with van der Waals surface area (Å²) in [5.41, 5.74) is 13.7. The van der Waals surface area contributed by atoms with Crippen LogP contribution < -0.4 is 16.6 Å². The maximum absolute atomic E-state index is 6.09. The molecule has 1 unspecified atom stereocenters. The van der Waals surface area contributed by atoms with E-state index in [-0.39, 0.29) is 6.04 Å². The van der Waals surface area contributed by atoms with Crippen LogP contribution >= 0.6 is 0 Å². The molecule has 0 saturated carbocycles. The van der Waals surface area contributed by atoms with E-state index in [2.05, 4.69) is 36.8 Å². The quantitative estimate of drug-likeness (QED) is 0.487. The summed E-state index contributed by atoms with van der Waals surface area (Å²) in [6, 6.07) is 10.9. The maximum atomic E-state index is 6.09. The third-order valence-corrected chi connectivity index (χ3v) is 2.44. The fourth-order valence-electron chi connectivity index (χ4n) is 1.55. The molecule has 3 nitrogen and oxygen atoms in total. The summed E-state index contributed by atoms with van der Waals surface area (Å²) in [6.07, 6.45) is 2.09. The molecule has 0 saturated heterocycles. The lowest BCUT2D eigenvalue weighted by Gasteiger charge is -2.13. The Morgan fingerprint density at radius 3 is 2.50 bits per heavy atom. The highest BCUT2D eigenvalue weighted by molar-refractivity contribution is 5.18. The fourth-order valence-corrected chi connectivity index (χ4v) is 1.55. The SMILES string of the molecule is CC(C)NNCCCC(N)c1ccccc1. The first-order valence-electron chi connectivity index (χ1n) is 5.99. The zero-order valence-electron chi connectivity index (χ0n) is 10.2. The van der Waals surface area contributed by atoms with Crippen LogP contribution in [0.1, 0.15) is 38.3 Å². The summed E-state index contributed by atoms with van der Waals surface area (Å²) in [4.78, 5) is 0. The van der Waals surface area contributed by atoms with Crippen LogP contribution in [0.25, 0.3) is 0 Å². The van der Waals surface area contributed by atoms with Gasteiger partial charge in [0, 0.05) is 18.6 Å². The van der Waals surface area contributed by atoms with Gasteiger partial charge >= 0.3 is 0 Å². The van der Waals surface area contributed by atoms with Crippen molar-refractivity contribution in [2.45, 2.75) is 38.8 Å². The van der Waals surface area contributed by atoms with Crippen molar-refractivity contribution in [2.75, 3.05) is 6.54 Å². The Hall–Kier alpha value is -0.900. The smallest absolute Gasteiger partial charge is 0.0295 e. The molecule has 0 radical (unpaired) electrons. The minimum Gasteiger partial charge on any atom is -0.324 e. The summed E-state index contributed by atoms with van der Waals surface area (Å²) < 4.78 is 0. The first-order chi connectivity index (χ1) is 7.70. The highest BCUT2D eigenvalue weighted by Crippen LogP contribution is 2.14. The first-order valence-corrected chi connectivity index (χ1v) is 5.99. The third-order valence-electron chi connectivity index (χ3n) is 2.44. The van der Waals surface area contributed by atoms with E-state index in [1.54, 1.807) is 0 Å². The lowest BCUT2D eigenvalue weighted by atomic mass is 10.0. The summed E-state index contributed by atoms with van der Waals surface area (Å²) in [5, 5.41) is 0. The first kappa shape index (κ1) is 13.2. The van der Waals surface area contributed by atoms with Crippen LogP contribution in [0.3, 0.4) is 0 Å². The van der Waals surface area contributed by atoms with Gasteiger partial charge in [-0.2, -0.15) is 0 Å². The molecule has 0 bridgehead atoms. The summed E-state index contributed by atoms with van der Waals surface area (Å²) in [7, 11) is 0. The van der Waals surface area contributed by atoms with Crippen LogP contribution in [-0.4, -0.2) is 12.6 Å². The summed E-state index contributed by atoms with van der Waals surface area (Å²) >= 11 is 0. The molecule has 3 heteroatoms. The minimum absolute atomic E-state index is 0.155. The Morgan fingerprint density at radius 1 is 1.19 bits per heavy atom. The van der Waals surface area contributed by atoms with Crippen LogP contribution in [0.15, 0.2) is 30.3 Å². The van der Waals surface area contributed by atoms with Crippen molar-refractivity contribution in [3.05, 3.63) is 35.9 Å².